The molecule has 1 aromatic rings. The van der Waals surface area contributed by atoms with Crippen molar-refractivity contribution in [3.63, 3.8) is 0 Å². The van der Waals surface area contributed by atoms with Gasteiger partial charge in [0.1, 0.15) is 6.54 Å². The lowest BCUT2D eigenvalue weighted by atomic mass is 10.4. The number of anilines is 1. The van der Waals surface area contributed by atoms with E-state index in [9.17, 15) is 13.2 Å². The fourth-order valence-corrected chi connectivity index (χ4v) is 2.25. The van der Waals surface area contributed by atoms with E-state index < -0.39 is 12.7 Å². The van der Waals surface area contributed by atoms with Gasteiger partial charge in [0.05, 0.1) is 5.69 Å². The average molecular weight is 281 g/mol. The maximum atomic E-state index is 12.4. The van der Waals surface area contributed by atoms with Crippen molar-refractivity contribution in [2.45, 2.75) is 39.5 Å². The van der Waals surface area contributed by atoms with Gasteiger partial charge in [0.2, 0.25) is 0 Å². The van der Waals surface area contributed by atoms with Crippen LogP contribution < -0.4 is 10.2 Å². The smallest absolute Gasteiger partial charge is 0.339 e. The number of rotatable bonds is 6. The number of aromatic nitrogens is 1. The molecule has 0 atom stereocenters. The molecule has 0 saturated carbocycles. The molecule has 18 heavy (non-hydrogen) atoms. The zero-order chi connectivity index (χ0) is 13.8. The third kappa shape index (κ3) is 5.22. The summed E-state index contributed by atoms with van der Waals surface area (Å²) in [6.45, 7) is 5.64. The Kier molecular flexibility index (Phi) is 5.40. The number of nitrogens with one attached hydrogen (secondary N) is 1. The van der Waals surface area contributed by atoms with Crippen LogP contribution in [0.25, 0.3) is 0 Å². The Morgan fingerprint density at radius 1 is 1.44 bits per heavy atom. The highest BCUT2D eigenvalue weighted by molar-refractivity contribution is 7.13. The van der Waals surface area contributed by atoms with Gasteiger partial charge in [-0.3, -0.25) is 0 Å². The van der Waals surface area contributed by atoms with Gasteiger partial charge in [-0.05, 0) is 6.92 Å². The third-order valence-corrected chi connectivity index (χ3v) is 3.20. The molecule has 0 fully saturated rings. The molecule has 0 aromatic carbocycles. The largest absolute Gasteiger partial charge is 0.406 e. The Morgan fingerprint density at radius 2 is 2.11 bits per heavy atom. The van der Waals surface area contributed by atoms with Gasteiger partial charge in [0, 0.05) is 24.5 Å². The van der Waals surface area contributed by atoms with Crippen LogP contribution in [0.5, 0.6) is 0 Å². The fraction of sp³-hybridized carbons (Fsp3) is 0.727. The first-order valence-corrected chi connectivity index (χ1v) is 6.69. The molecule has 1 N–H and O–H groups in total. The number of hydrogen-bond donors (Lipinski definition) is 1. The molecule has 0 saturated heterocycles. The SMILES string of the molecule is CCN(CC(F)(F)F)c1nc(CNC(C)C)cs1. The van der Waals surface area contributed by atoms with Gasteiger partial charge in [-0.1, -0.05) is 13.8 Å². The van der Waals surface area contributed by atoms with Crippen LogP contribution in [-0.2, 0) is 6.54 Å². The van der Waals surface area contributed by atoms with E-state index >= 15 is 0 Å². The second-order valence-electron chi connectivity index (χ2n) is 4.29. The number of alkyl halides is 3. The molecule has 7 heteroatoms. The van der Waals surface area contributed by atoms with Crippen molar-refractivity contribution in [1.82, 2.24) is 10.3 Å². The van der Waals surface area contributed by atoms with E-state index in [1.807, 2.05) is 13.8 Å². The summed E-state index contributed by atoms with van der Waals surface area (Å²) in [5.41, 5.74) is 0.782. The van der Waals surface area contributed by atoms with E-state index in [4.69, 9.17) is 0 Å². The first-order chi connectivity index (χ1) is 8.31. The van der Waals surface area contributed by atoms with Gasteiger partial charge >= 0.3 is 6.18 Å². The van der Waals surface area contributed by atoms with Crippen molar-refractivity contribution in [3.8, 4) is 0 Å². The van der Waals surface area contributed by atoms with E-state index in [0.717, 1.165) is 5.69 Å². The molecular weight excluding hydrogens is 263 g/mol. The molecule has 0 unspecified atom stereocenters. The number of thiazole rings is 1. The quantitative estimate of drug-likeness (QED) is 0.868. The molecule has 1 heterocycles. The van der Waals surface area contributed by atoms with Crippen LogP contribution in [0.2, 0.25) is 0 Å². The van der Waals surface area contributed by atoms with Crippen molar-refractivity contribution in [3.05, 3.63) is 11.1 Å². The summed E-state index contributed by atoms with van der Waals surface area (Å²) in [4.78, 5) is 5.46. The molecule has 104 valence electrons. The summed E-state index contributed by atoms with van der Waals surface area (Å²) in [5, 5.41) is 5.41. The monoisotopic (exact) mass is 281 g/mol. The highest BCUT2D eigenvalue weighted by Gasteiger charge is 2.31. The number of hydrogen-bond acceptors (Lipinski definition) is 4. The number of nitrogens with zero attached hydrogens (tertiary/aromatic N) is 2. The minimum Gasteiger partial charge on any atom is -0.339 e. The summed E-state index contributed by atoms with van der Waals surface area (Å²) in [6.07, 6.45) is -4.20. The molecule has 0 amide bonds. The zero-order valence-electron chi connectivity index (χ0n) is 10.7. The molecule has 1 aromatic heterocycles. The summed E-state index contributed by atoms with van der Waals surface area (Å²) in [5.74, 6) is 0. The fourth-order valence-electron chi connectivity index (χ4n) is 1.36. The van der Waals surface area contributed by atoms with Crippen LogP contribution in [0.15, 0.2) is 5.38 Å². The molecule has 0 aliphatic heterocycles. The predicted octanol–water partition coefficient (Wildman–Crippen LogP) is 3.03. The first-order valence-electron chi connectivity index (χ1n) is 5.81. The highest BCUT2D eigenvalue weighted by atomic mass is 32.1. The van der Waals surface area contributed by atoms with Gasteiger partial charge < -0.3 is 10.2 Å². The second kappa shape index (κ2) is 6.38. The average Bonchev–Trinajstić information content (AvgIpc) is 2.70. The normalized spacial score (nSPS) is 12.2. The molecule has 0 bridgehead atoms. The van der Waals surface area contributed by atoms with Crippen molar-refractivity contribution < 1.29 is 13.2 Å². The minimum absolute atomic E-state index is 0.296. The Morgan fingerprint density at radius 3 is 2.61 bits per heavy atom. The van der Waals surface area contributed by atoms with Gasteiger partial charge in [-0.2, -0.15) is 13.2 Å². The summed E-state index contributed by atoms with van der Waals surface area (Å²) in [7, 11) is 0. The van der Waals surface area contributed by atoms with E-state index in [2.05, 4.69) is 10.3 Å². The summed E-state index contributed by atoms with van der Waals surface area (Å²) < 4.78 is 37.1. The van der Waals surface area contributed by atoms with E-state index in [-0.39, 0.29) is 0 Å². The van der Waals surface area contributed by atoms with Crippen molar-refractivity contribution in [2.24, 2.45) is 0 Å². The maximum Gasteiger partial charge on any atom is 0.406 e. The molecule has 0 aliphatic carbocycles. The standard InChI is InChI=1S/C11H18F3N3S/c1-4-17(7-11(12,13)14)10-16-9(6-18-10)5-15-8(2)3/h6,8,15H,4-5,7H2,1-3H3. The third-order valence-electron chi connectivity index (χ3n) is 2.25. The Balaban J connectivity index is 2.64. The highest BCUT2D eigenvalue weighted by Crippen LogP contribution is 2.25. The topological polar surface area (TPSA) is 28.2 Å². The van der Waals surface area contributed by atoms with Crippen LogP contribution in [-0.4, -0.2) is 30.3 Å². The van der Waals surface area contributed by atoms with Crippen LogP contribution in [0.4, 0.5) is 18.3 Å². The van der Waals surface area contributed by atoms with E-state index in [1.165, 1.54) is 16.2 Å². The molecule has 0 aliphatic rings. The first kappa shape index (κ1) is 15.2. The maximum absolute atomic E-state index is 12.4. The van der Waals surface area contributed by atoms with Crippen molar-refractivity contribution >= 4 is 16.5 Å². The molecule has 0 spiro atoms. The van der Waals surface area contributed by atoms with Gasteiger partial charge in [0.15, 0.2) is 5.13 Å². The minimum atomic E-state index is -4.20. The predicted molar refractivity (Wildman–Crippen MR) is 68.0 cm³/mol. The molecule has 0 radical (unpaired) electrons. The molecular formula is C11H18F3N3S. The lowest BCUT2D eigenvalue weighted by Gasteiger charge is -2.21. The molecule has 1 rings (SSSR count). The second-order valence-corrected chi connectivity index (χ2v) is 5.12. The van der Waals surface area contributed by atoms with Gasteiger partial charge in [-0.15, -0.1) is 11.3 Å². The lowest BCUT2D eigenvalue weighted by molar-refractivity contribution is -0.119. The molecule has 3 nitrogen and oxygen atoms in total. The zero-order valence-corrected chi connectivity index (χ0v) is 11.5. The van der Waals surface area contributed by atoms with Crippen LogP contribution in [0.3, 0.4) is 0 Å². The number of halogens is 3. The Bertz CT molecular complexity index is 363. The summed E-state index contributed by atoms with van der Waals surface area (Å²) >= 11 is 1.25. The van der Waals surface area contributed by atoms with Gasteiger partial charge in [-0.25, -0.2) is 4.98 Å². The van der Waals surface area contributed by atoms with Crippen molar-refractivity contribution in [2.75, 3.05) is 18.0 Å². The van der Waals surface area contributed by atoms with Crippen LogP contribution >= 0.6 is 11.3 Å². The Hall–Kier alpha value is -0.820. The van der Waals surface area contributed by atoms with Crippen molar-refractivity contribution in [1.29, 1.82) is 0 Å². The summed E-state index contributed by atoms with van der Waals surface area (Å²) in [6, 6.07) is 0.326. The van der Waals surface area contributed by atoms with Crippen LogP contribution in [0.1, 0.15) is 26.5 Å². The van der Waals surface area contributed by atoms with E-state index in [1.54, 1.807) is 12.3 Å². The van der Waals surface area contributed by atoms with Gasteiger partial charge in [0.25, 0.3) is 0 Å². The lowest BCUT2D eigenvalue weighted by Crippen LogP contribution is -2.34. The Labute approximate surface area is 109 Å². The van der Waals surface area contributed by atoms with Crippen LogP contribution in [0, 0.1) is 0 Å². The van der Waals surface area contributed by atoms with E-state index in [0.29, 0.717) is 24.3 Å².